The van der Waals surface area contributed by atoms with Crippen LogP contribution >= 0.6 is 0 Å². The fraction of sp³-hybridized carbons (Fsp3) is 0.227. The van der Waals surface area contributed by atoms with Crippen molar-refractivity contribution in [2.24, 2.45) is 0 Å². The number of ether oxygens (including phenoxy) is 1. The summed E-state index contributed by atoms with van der Waals surface area (Å²) in [6.45, 7) is 4.15. The number of amides is 1. The van der Waals surface area contributed by atoms with E-state index in [2.05, 4.69) is 14.9 Å². The second-order valence-electron chi connectivity index (χ2n) is 7.22. The Bertz CT molecular complexity index is 1100. The number of rotatable bonds is 5. The maximum atomic E-state index is 12.7. The number of nitro benzene ring substituents is 1. The standard InChI is InChI=1S/C22H21N5O4/c1-16-5-7-19(8-6-16)31-21-14-20(23-15-24-21)25-9-11-26(12-10-25)22(28)17-3-2-4-18(13-17)27(29)30/h2-8,13-15H,9-12H2,1H3. The number of anilines is 1. The number of aromatic nitrogens is 2. The van der Waals surface area contributed by atoms with Gasteiger partial charge >= 0.3 is 0 Å². The van der Waals surface area contributed by atoms with Gasteiger partial charge in [0.1, 0.15) is 17.9 Å². The molecule has 2 heterocycles. The van der Waals surface area contributed by atoms with Gasteiger partial charge in [-0.15, -0.1) is 0 Å². The molecule has 0 N–H and O–H groups in total. The van der Waals surface area contributed by atoms with Crippen molar-refractivity contribution < 1.29 is 14.5 Å². The van der Waals surface area contributed by atoms with E-state index in [0.717, 1.165) is 11.4 Å². The normalized spacial score (nSPS) is 13.7. The first-order valence-electron chi connectivity index (χ1n) is 9.85. The summed E-state index contributed by atoms with van der Waals surface area (Å²) < 4.78 is 5.82. The first kappa shape index (κ1) is 20.3. The fourth-order valence-electron chi connectivity index (χ4n) is 3.36. The van der Waals surface area contributed by atoms with E-state index < -0.39 is 4.92 Å². The van der Waals surface area contributed by atoms with Gasteiger partial charge in [-0.2, -0.15) is 0 Å². The molecule has 0 atom stereocenters. The predicted molar refractivity (Wildman–Crippen MR) is 114 cm³/mol. The Morgan fingerprint density at radius 2 is 1.77 bits per heavy atom. The molecule has 1 aliphatic heterocycles. The maximum Gasteiger partial charge on any atom is 0.270 e. The summed E-state index contributed by atoms with van der Waals surface area (Å²) in [7, 11) is 0. The van der Waals surface area contributed by atoms with E-state index in [1.165, 1.54) is 24.5 Å². The molecule has 1 saturated heterocycles. The third-order valence-corrected chi connectivity index (χ3v) is 5.07. The number of hydrogen-bond acceptors (Lipinski definition) is 7. The Labute approximate surface area is 179 Å². The van der Waals surface area contributed by atoms with Crippen LogP contribution in [0.5, 0.6) is 11.6 Å². The van der Waals surface area contributed by atoms with E-state index in [1.807, 2.05) is 31.2 Å². The van der Waals surface area contributed by atoms with E-state index in [-0.39, 0.29) is 11.6 Å². The Hall–Kier alpha value is -4.01. The summed E-state index contributed by atoms with van der Waals surface area (Å²) in [5.41, 5.74) is 1.37. The minimum absolute atomic E-state index is 0.0911. The van der Waals surface area contributed by atoms with Crippen LogP contribution in [-0.2, 0) is 0 Å². The average Bonchev–Trinajstić information content (AvgIpc) is 2.80. The number of piperazine rings is 1. The van der Waals surface area contributed by atoms with Gasteiger partial charge < -0.3 is 14.5 Å². The fourth-order valence-corrected chi connectivity index (χ4v) is 3.36. The second-order valence-corrected chi connectivity index (χ2v) is 7.22. The van der Waals surface area contributed by atoms with Crippen LogP contribution in [0.3, 0.4) is 0 Å². The van der Waals surface area contributed by atoms with Crippen molar-refractivity contribution in [1.29, 1.82) is 0 Å². The van der Waals surface area contributed by atoms with Crippen molar-refractivity contribution in [1.82, 2.24) is 14.9 Å². The van der Waals surface area contributed by atoms with Crippen molar-refractivity contribution in [3.8, 4) is 11.6 Å². The smallest absolute Gasteiger partial charge is 0.270 e. The van der Waals surface area contributed by atoms with Crippen molar-refractivity contribution in [3.63, 3.8) is 0 Å². The zero-order valence-corrected chi connectivity index (χ0v) is 17.0. The molecule has 0 bridgehead atoms. The summed E-state index contributed by atoms with van der Waals surface area (Å²) in [4.78, 5) is 35.5. The van der Waals surface area contributed by atoms with Gasteiger partial charge in [0.15, 0.2) is 0 Å². The highest BCUT2D eigenvalue weighted by molar-refractivity contribution is 5.95. The van der Waals surface area contributed by atoms with Crippen molar-refractivity contribution in [2.45, 2.75) is 6.92 Å². The van der Waals surface area contributed by atoms with E-state index in [9.17, 15) is 14.9 Å². The van der Waals surface area contributed by atoms with Crippen LogP contribution in [0.1, 0.15) is 15.9 Å². The summed E-state index contributed by atoms with van der Waals surface area (Å²) in [5.74, 6) is 1.65. The summed E-state index contributed by atoms with van der Waals surface area (Å²) in [6.07, 6.45) is 1.46. The molecule has 4 rings (SSSR count). The molecule has 0 aliphatic carbocycles. The molecule has 1 amide bonds. The van der Waals surface area contributed by atoms with Gasteiger partial charge in [-0.25, -0.2) is 9.97 Å². The minimum atomic E-state index is -0.500. The quantitative estimate of drug-likeness (QED) is 0.461. The number of non-ortho nitro benzene ring substituents is 1. The molecule has 0 radical (unpaired) electrons. The van der Waals surface area contributed by atoms with Crippen LogP contribution in [-0.4, -0.2) is 51.9 Å². The number of aryl methyl sites for hydroxylation is 1. The largest absolute Gasteiger partial charge is 0.439 e. The SMILES string of the molecule is Cc1ccc(Oc2cc(N3CCN(C(=O)c4cccc([N+](=O)[O-])c4)CC3)ncn2)cc1. The zero-order valence-electron chi connectivity index (χ0n) is 17.0. The van der Waals surface area contributed by atoms with Crippen LogP contribution in [0, 0.1) is 17.0 Å². The molecule has 0 spiro atoms. The summed E-state index contributed by atoms with van der Waals surface area (Å²) in [6, 6.07) is 15.3. The van der Waals surface area contributed by atoms with Crippen molar-refractivity contribution >= 4 is 17.4 Å². The Morgan fingerprint density at radius 1 is 1.03 bits per heavy atom. The molecule has 1 aliphatic rings. The van der Waals surface area contributed by atoms with E-state index in [4.69, 9.17) is 4.74 Å². The molecule has 9 heteroatoms. The number of hydrogen-bond donors (Lipinski definition) is 0. The monoisotopic (exact) mass is 419 g/mol. The molecule has 0 saturated carbocycles. The third-order valence-electron chi connectivity index (χ3n) is 5.07. The lowest BCUT2D eigenvalue weighted by Crippen LogP contribution is -2.49. The van der Waals surface area contributed by atoms with Gasteiger partial charge in [0.2, 0.25) is 5.88 Å². The first-order chi connectivity index (χ1) is 15.0. The van der Waals surface area contributed by atoms with Crippen LogP contribution in [0.2, 0.25) is 0 Å². The number of nitro groups is 1. The Kier molecular flexibility index (Phi) is 5.74. The molecule has 3 aromatic rings. The topological polar surface area (TPSA) is 102 Å². The van der Waals surface area contributed by atoms with E-state index >= 15 is 0 Å². The van der Waals surface area contributed by atoms with Gasteiger partial charge in [-0.05, 0) is 25.1 Å². The highest BCUT2D eigenvalue weighted by Gasteiger charge is 2.24. The number of nitrogens with zero attached hydrogens (tertiary/aromatic N) is 5. The van der Waals surface area contributed by atoms with Crippen molar-refractivity contribution in [3.05, 3.63) is 82.2 Å². The Balaban J connectivity index is 1.39. The Morgan fingerprint density at radius 3 is 2.48 bits per heavy atom. The summed E-state index contributed by atoms with van der Waals surface area (Å²) >= 11 is 0. The lowest BCUT2D eigenvalue weighted by molar-refractivity contribution is -0.384. The second kappa shape index (κ2) is 8.78. The molecule has 1 aromatic heterocycles. The van der Waals surface area contributed by atoms with Gasteiger partial charge in [0, 0.05) is 49.9 Å². The molecular formula is C22H21N5O4. The molecule has 158 valence electrons. The predicted octanol–water partition coefficient (Wildman–Crippen LogP) is 3.45. The molecule has 1 fully saturated rings. The third kappa shape index (κ3) is 4.77. The number of carbonyl (C=O) groups excluding carboxylic acids is 1. The lowest BCUT2D eigenvalue weighted by Gasteiger charge is -2.35. The molecule has 9 nitrogen and oxygen atoms in total. The molecule has 31 heavy (non-hydrogen) atoms. The molecule has 2 aromatic carbocycles. The highest BCUT2D eigenvalue weighted by Crippen LogP contribution is 2.24. The lowest BCUT2D eigenvalue weighted by atomic mass is 10.1. The van der Waals surface area contributed by atoms with Gasteiger partial charge in [0.05, 0.1) is 4.92 Å². The highest BCUT2D eigenvalue weighted by atomic mass is 16.6. The number of carbonyl (C=O) groups is 1. The van der Waals surface area contributed by atoms with Gasteiger partial charge in [-0.1, -0.05) is 23.8 Å². The molecule has 0 unspecified atom stereocenters. The number of benzene rings is 2. The van der Waals surface area contributed by atoms with E-state index in [1.54, 1.807) is 17.0 Å². The van der Waals surface area contributed by atoms with Crippen LogP contribution in [0.15, 0.2) is 60.9 Å². The van der Waals surface area contributed by atoms with Crippen LogP contribution in [0.25, 0.3) is 0 Å². The van der Waals surface area contributed by atoms with Gasteiger partial charge in [-0.3, -0.25) is 14.9 Å². The van der Waals surface area contributed by atoms with Crippen LogP contribution in [0.4, 0.5) is 11.5 Å². The van der Waals surface area contributed by atoms with Crippen LogP contribution < -0.4 is 9.64 Å². The molecular weight excluding hydrogens is 398 g/mol. The first-order valence-corrected chi connectivity index (χ1v) is 9.85. The average molecular weight is 419 g/mol. The van der Waals surface area contributed by atoms with Gasteiger partial charge in [0.25, 0.3) is 11.6 Å². The minimum Gasteiger partial charge on any atom is -0.439 e. The van der Waals surface area contributed by atoms with E-state index in [0.29, 0.717) is 43.4 Å². The zero-order chi connectivity index (χ0) is 21.8. The maximum absolute atomic E-state index is 12.7. The van der Waals surface area contributed by atoms with Crippen molar-refractivity contribution in [2.75, 3.05) is 31.1 Å². The summed E-state index contributed by atoms with van der Waals surface area (Å²) in [5, 5.41) is 11.0.